The van der Waals surface area contributed by atoms with Crippen molar-refractivity contribution in [3.63, 3.8) is 0 Å². The van der Waals surface area contributed by atoms with E-state index in [4.69, 9.17) is 0 Å². The molecule has 2 aliphatic rings. The van der Waals surface area contributed by atoms with Crippen molar-refractivity contribution in [2.45, 2.75) is 37.3 Å². The normalized spacial score (nSPS) is 23.2. The Morgan fingerprint density at radius 2 is 1.81 bits per heavy atom. The number of alkyl halides is 3. The molecule has 2 amide bonds. The number of carbonyl (C=O) groups is 2. The third-order valence-corrected chi connectivity index (χ3v) is 5.70. The molecule has 0 saturated carbocycles. The Morgan fingerprint density at radius 1 is 1.13 bits per heavy atom. The highest BCUT2D eigenvalue weighted by atomic mass is 19.4. The van der Waals surface area contributed by atoms with Crippen molar-refractivity contribution >= 4 is 11.8 Å². The van der Waals surface area contributed by atoms with E-state index in [2.05, 4.69) is 5.32 Å². The lowest BCUT2D eigenvalue weighted by atomic mass is 9.89. The molecule has 31 heavy (non-hydrogen) atoms. The van der Waals surface area contributed by atoms with Crippen LogP contribution in [-0.2, 0) is 4.79 Å². The molecule has 1 aromatic carbocycles. The van der Waals surface area contributed by atoms with E-state index in [0.29, 0.717) is 5.56 Å². The first-order valence-corrected chi connectivity index (χ1v) is 9.54. The van der Waals surface area contributed by atoms with Gasteiger partial charge >= 0.3 is 12.1 Å². The van der Waals surface area contributed by atoms with E-state index >= 15 is 0 Å². The Kier molecular flexibility index (Phi) is 4.91. The monoisotopic (exact) mass is 436 g/mol. The van der Waals surface area contributed by atoms with E-state index in [1.807, 2.05) is 0 Å². The van der Waals surface area contributed by atoms with Crippen LogP contribution in [0.5, 0.6) is 5.75 Å². The molecule has 1 aromatic heterocycles. The Balaban J connectivity index is 1.87. The van der Waals surface area contributed by atoms with E-state index < -0.39 is 47.4 Å². The summed E-state index contributed by atoms with van der Waals surface area (Å²) in [5.41, 5.74) is -0.428. The van der Waals surface area contributed by atoms with E-state index in [-0.39, 0.29) is 18.5 Å². The summed E-state index contributed by atoms with van der Waals surface area (Å²) in [6, 6.07) is 7.92. The van der Waals surface area contributed by atoms with Gasteiger partial charge < -0.3 is 15.3 Å². The van der Waals surface area contributed by atoms with Gasteiger partial charge in [-0.05, 0) is 18.4 Å². The predicted molar refractivity (Wildman–Crippen MR) is 103 cm³/mol. The number of pyridine rings is 1. The number of nitrogens with zero attached hydrogens (tertiary/aromatic N) is 3. The van der Waals surface area contributed by atoms with Crippen molar-refractivity contribution in [1.82, 2.24) is 14.9 Å². The molecule has 2 aromatic rings. The molecule has 0 unspecified atom stereocenters. The quantitative estimate of drug-likeness (QED) is 0.744. The maximum atomic E-state index is 13.0. The number of fused-ring (bicyclic) bond motifs is 3. The maximum Gasteiger partial charge on any atom is 0.471 e. The highest BCUT2D eigenvalue weighted by molar-refractivity contribution is 5.96. The van der Waals surface area contributed by atoms with Crippen molar-refractivity contribution in [3.05, 3.63) is 64.1 Å². The molecule has 2 N–H and O–H groups in total. The summed E-state index contributed by atoms with van der Waals surface area (Å²) in [6.45, 7) is 0. The van der Waals surface area contributed by atoms with Crippen molar-refractivity contribution in [2.24, 2.45) is 0 Å². The summed E-state index contributed by atoms with van der Waals surface area (Å²) in [5.74, 6) is -3.38. The lowest BCUT2D eigenvalue weighted by Gasteiger charge is -2.53. The Labute approximate surface area is 174 Å². The number of hydrogen-bond acceptors (Lipinski definition) is 5. The maximum absolute atomic E-state index is 13.0. The van der Waals surface area contributed by atoms with Gasteiger partial charge in [0.05, 0.1) is 12.1 Å². The molecule has 0 radical (unpaired) electrons. The van der Waals surface area contributed by atoms with Crippen LogP contribution in [0, 0.1) is 0 Å². The van der Waals surface area contributed by atoms with Crippen LogP contribution in [0.25, 0.3) is 0 Å². The molecule has 0 spiro atoms. The summed E-state index contributed by atoms with van der Waals surface area (Å²) >= 11 is 0. The molecule has 0 aliphatic carbocycles. The number of rotatable bonds is 2. The second kappa shape index (κ2) is 7.33. The molecule has 8 nitrogen and oxygen atoms in total. The zero-order valence-electron chi connectivity index (χ0n) is 16.3. The third kappa shape index (κ3) is 3.39. The van der Waals surface area contributed by atoms with Crippen LogP contribution in [0.1, 0.15) is 34.9 Å². The molecule has 4 rings (SSSR count). The molecule has 1 fully saturated rings. The van der Waals surface area contributed by atoms with E-state index in [9.17, 15) is 32.7 Å². The Bertz CT molecular complexity index is 1090. The van der Waals surface area contributed by atoms with Crippen LogP contribution >= 0.6 is 0 Å². The Hall–Kier alpha value is -3.50. The second-order valence-corrected chi connectivity index (χ2v) is 7.51. The molecule has 2 aliphatic heterocycles. The van der Waals surface area contributed by atoms with Gasteiger partial charge in [-0.25, -0.2) is 0 Å². The zero-order chi connectivity index (χ0) is 22.5. The van der Waals surface area contributed by atoms with Gasteiger partial charge in [-0.2, -0.15) is 13.2 Å². The van der Waals surface area contributed by atoms with Crippen molar-refractivity contribution in [3.8, 4) is 5.75 Å². The fourth-order valence-corrected chi connectivity index (χ4v) is 4.28. The minimum atomic E-state index is -5.05. The molecule has 11 heteroatoms. The minimum absolute atomic E-state index is 0.182. The first kappa shape index (κ1) is 20.8. The number of halogens is 3. The topological polar surface area (TPSA) is 94.9 Å². The first-order valence-electron chi connectivity index (χ1n) is 9.54. The number of hydrogen-bond donors (Lipinski definition) is 2. The highest BCUT2D eigenvalue weighted by Gasteiger charge is 2.49. The van der Waals surface area contributed by atoms with Crippen LogP contribution in [0.3, 0.4) is 0 Å². The van der Waals surface area contributed by atoms with E-state index in [1.165, 1.54) is 22.8 Å². The standard InChI is InChI=1S/C20H19F3N4O4/c1-25-14-8-7-12(24-19(31)20(21,22)23)15(11-5-3-2-4-6-11)27(14)26-10-9-13(28)17(29)16(26)18(25)30/h2-6,9-10,12,14-15,29H,7-8H2,1H3,(H,24,31)/t12-,14-,15+/m0/s1. The highest BCUT2D eigenvalue weighted by Crippen LogP contribution is 2.38. The second-order valence-electron chi connectivity index (χ2n) is 7.51. The number of nitrogens with one attached hydrogen (secondary N) is 1. The summed E-state index contributed by atoms with van der Waals surface area (Å²) in [6.07, 6.45) is -3.86. The molecule has 3 heterocycles. The van der Waals surface area contributed by atoms with Crippen LogP contribution in [0.15, 0.2) is 47.4 Å². The average Bonchev–Trinajstić information content (AvgIpc) is 2.73. The van der Waals surface area contributed by atoms with Crippen LogP contribution < -0.4 is 15.8 Å². The van der Waals surface area contributed by atoms with Gasteiger partial charge in [-0.15, -0.1) is 0 Å². The summed E-state index contributed by atoms with van der Waals surface area (Å²) in [7, 11) is 1.50. The van der Waals surface area contributed by atoms with Gasteiger partial charge in [-0.3, -0.25) is 24.1 Å². The van der Waals surface area contributed by atoms with E-state index in [1.54, 1.807) is 35.3 Å². The lowest BCUT2D eigenvalue weighted by Crippen LogP contribution is -2.67. The number of aromatic hydroxyl groups is 1. The van der Waals surface area contributed by atoms with Gasteiger partial charge in [0.1, 0.15) is 6.17 Å². The summed E-state index contributed by atoms with van der Waals surface area (Å²) < 4.78 is 40.2. The van der Waals surface area contributed by atoms with Gasteiger partial charge in [0.2, 0.25) is 5.43 Å². The summed E-state index contributed by atoms with van der Waals surface area (Å²) in [4.78, 5) is 37.8. The van der Waals surface area contributed by atoms with Crippen LogP contribution in [0.4, 0.5) is 13.2 Å². The number of aromatic nitrogens is 1. The smallest absolute Gasteiger partial charge is 0.471 e. The van der Waals surface area contributed by atoms with Crippen LogP contribution in [0.2, 0.25) is 0 Å². The largest absolute Gasteiger partial charge is 0.502 e. The lowest BCUT2D eigenvalue weighted by molar-refractivity contribution is -0.174. The predicted octanol–water partition coefficient (Wildman–Crippen LogP) is 1.49. The molecule has 0 bridgehead atoms. The Morgan fingerprint density at radius 3 is 2.45 bits per heavy atom. The molecular formula is C20H19F3N4O4. The van der Waals surface area contributed by atoms with Crippen molar-refractivity contribution in [2.75, 3.05) is 12.1 Å². The van der Waals surface area contributed by atoms with Gasteiger partial charge in [0, 0.05) is 19.3 Å². The fraction of sp³-hybridized carbons (Fsp3) is 0.350. The average molecular weight is 436 g/mol. The zero-order valence-corrected chi connectivity index (χ0v) is 16.3. The number of amides is 2. The minimum Gasteiger partial charge on any atom is -0.502 e. The van der Waals surface area contributed by atoms with Gasteiger partial charge in [0.25, 0.3) is 5.91 Å². The van der Waals surface area contributed by atoms with Gasteiger partial charge in [-0.1, -0.05) is 30.3 Å². The number of piperidine rings is 1. The van der Waals surface area contributed by atoms with Gasteiger partial charge in [0.15, 0.2) is 11.4 Å². The third-order valence-electron chi connectivity index (χ3n) is 5.70. The summed E-state index contributed by atoms with van der Waals surface area (Å²) in [5, 5.41) is 14.0. The number of benzene rings is 1. The van der Waals surface area contributed by atoms with Crippen LogP contribution in [-0.4, -0.2) is 51.9 Å². The fourth-order valence-electron chi connectivity index (χ4n) is 4.28. The molecule has 3 atom stereocenters. The SMILES string of the molecule is CN1C(=O)c2c(O)c(=O)ccn2N2[C@H](c3ccccc3)[C@@H](NC(=O)C(F)(F)F)CC[C@@H]12. The first-order chi connectivity index (χ1) is 14.6. The van der Waals surface area contributed by atoms with E-state index in [0.717, 1.165) is 6.07 Å². The molecular weight excluding hydrogens is 417 g/mol. The number of carbonyl (C=O) groups excluding carboxylic acids is 2. The molecule has 164 valence electrons. The van der Waals surface area contributed by atoms with Crippen molar-refractivity contribution in [1.29, 1.82) is 0 Å². The molecule has 1 saturated heterocycles. The van der Waals surface area contributed by atoms with Crippen molar-refractivity contribution < 1.29 is 27.9 Å².